The van der Waals surface area contributed by atoms with E-state index in [0.717, 1.165) is 0 Å². The van der Waals surface area contributed by atoms with E-state index >= 15 is 0 Å². The zero-order valence-corrected chi connectivity index (χ0v) is 4.90. The van der Waals surface area contributed by atoms with E-state index in [9.17, 15) is 8.78 Å². The highest BCUT2D eigenvalue weighted by Gasteiger charge is 2.31. The van der Waals surface area contributed by atoms with Crippen molar-refractivity contribution in [2.24, 2.45) is 5.92 Å². The van der Waals surface area contributed by atoms with Gasteiger partial charge in [-0.2, -0.15) is 0 Å². The van der Waals surface area contributed by atoms with Gasteiger partial charge < -0.3 is 0 Å². The van der Waals surface area contributed by atoms with Crippen LogP contribution in [0.5, 0.6) is 0 Å². The van der Waals surface area contributed by atoms with E-state index in [2.05, 4.69) is 0 Å². The monoisotopic (exact) mass is 120 g/mol. The molecule has 0 aromatic heterocycles. The molecule has 1 aliphatic rings. The first-order chi connectivity index (χ1) is 3.70. The molecule has 1 fully saturated rings. The molecule has 2 heteroatoms. The van der Waals surface area contributed by atoms with Gasteiger partial charge in [0.25, 0.3) is 0 Å². The molecule has 0 aromatic carbocycles. The van der Waals surface area contributed by atoms with Gasteiger partial charge in [0.05, 0.1) is 0 Å². The summed E-state index contributed by atoms with van der Waals surface area (Å²) < 4.78 is 24.4. The topological polar surface area (TPSA) is 0 Å². The van der Waals surface area contributed by atoms with Crippen molar-refractivity contribution < 1.29 is 8.78 Å². The van der Waals surface area contributed by atoms with Gasteiger partial charge in [0.15, 0.2) is 0 Å². The molecule has 0 aliphatic heterocycles. The van der Waals surface area contributed by atoms with Gasteiger partial charge in [-0.1, -0.05) is 6.92 Å². The quantitative estimate of drug-likeness (QED) is 0.459. The molecule has 0 amide bonds. The SMILES string of the molecule is CC1C[C@@H](F)[C@H](F)C1. The molecule has 8 heavy (non-hydrogen) atoms. The molecule has 0 aromatic rings. The molecule has 2 atom stereocenters. The van der Waals surface area contributed by atoms with Gasteiger partial charge in [0, 0.05) is 0 Å². The molecular weight excluding hydrogens is 110 g/mol. The number of hydrogen-bond donors (Lipinski definition) is 0. The Kier molecular flexibility index (Phi) is 1.49. The summed E-state index contributed by atoms with van der Waals surface area (Å²) in [4.78, 5) is 0. The third-order valence-corrected chi connectivity index (χ3v) is 1.65. The largest absolute Gasteiger partial charge is 0.244 e. The van der Waals surface area contributed by atoms with Crippen LogP contribution in [0.3, 0.4) is 0 Å². The molecule has 1 rings (SSSR count). The maximum Gasteiger partial charge on any atom is 0.131 e. The van der Waals surface area contributed by atoms with E-state index in [-0.39, 0.29) is 5.92 Å². The van der Waals surface area contributed by atoms with Gasteiger partial charge >= 0.3 is 0 Å². The molecule has 48 valence electrons. The number of alkyl halides is 2. The summed E-state index contributed by atoms with van der Waals surface area (Å²) in [6.07, 6.45) is -1.52. The van der Waals surface area contributed by atoms with Crippen LogP contribution in [0.2, 0.25) is 0 Å². The van der Waals surface area contributed by atoms with Gasteiger partial charge in [-0.3, -0.25) is 0 Å². The summed E-state index contributed by atoms with van der Waals surface area (Å²) in [6, 6.07) is 0. The predicted molar refractivity (Wildman–Crippen MR) is 28.2 cm³/mol. The molecule has 0 radical (unpaired) electrons. The molecular formula is C6H10F2. The highest BCUT2D eigenvalue weighted by atomic mass is 19.2. The van der Waals surface area contributed by atoms with Crippen LogP contribution >= 0.6 is 0 Å². The summed E-state index contributed by atoms with van der Waals surface area (Å²) in [6.45, 7) is 1.88. The molecule has 0 nitrogen and oxygen atoms in total. The van der Waals surface area contributed by atoms with Gasteiger partial charge in [-0.05, 0) is 18.8 Å². The standard InChI is InChI=1S/C6H10F2/c1-4-2-5(7)6(8)3-4/h4-6H,2-3H2,1H3/t5-,6-/m1/s1. The van der Waals surface area contributed by atoms with Crippen LogP contribution in [-0.2, 0) is 0 Å². The van der Waals surface area contributed by atoms with E-state index in [4.69, 9.17) is 0 Å². The van der Waals surface area contributed by atoms with Crippen LogP contribution in [0.25, 0.3) is 0 Å². The lowest BCUT2D eigenvalue weighted by atomic mass is 10.1. The van der Waals surface area contributed by atoms with Gasteiger partial charge in [-0.15, -0.1) is 0 Å². The maximum atomic E-state index is 12.2. The van der Waals surface area contributed by atoms with E-state index in [0.29, 0.717) is 12.8 Å². The minimum absolute atomic E-state index is 0.250. The highest BCUT2D eigenvalue weighted by molar-refractivity contribution is 4.80. The average Bonchev–Trinajstić information content (AvgIpc) is 1.85. The predicted octanol–water partition coefficient (Wildman–Crippen LogP) is 2.09. The van der Waals surface area contributed by atoms with E-state index in [1.807, 2.05) is 6.92 Å². The molecule has 0 bridgehead atoms. The fourth-order valence-electron chi connectivity index (χ4n) is 1.16. The second kappa shape index (κ2) is 2.00. The zero-order chi connectivity index (χ0) is 6.15. The minimum Gasteiger partial charge on any atom is -0.244 e. The first-order valence-corrected chi connectivity index (χ1v) is 2.98. The van der Waals surface area contributed by atoms with Crippen molar-refractivity contribution in [2.45, 2.75) is 32.1 Å². The first-order valence-electron chi connectivity index (χ1n) is 2.98. The molecule has 1 aliphatic carbocycles. The highest BCUT2D eigenvalue weighted by Crippen LogP contribution is 2.29. The summed E-state index contributed by atoms with van der Waals surface area (Å²) in [5.41, 5.74) is 0. The molecule has 0 spiro atoms. The Morgan fingerprint density at radius 1 is 1.12 bits per heavy atom. The molecule has 0 unspecified atom stereocenters. The lowest BCUT2D eigenvalue weighted by molar-refractivity contribution is 0.199. The first kappa shape index (κ1) is 5.99. The second-order valence-corrected chi connectivity index (χ2v) is 2.61. The van der Waals surface area contributed by atoms with Gasteiger partial charge in [0.1, 0.15) is 12.3 Å². The van der Waals surface area contributed by atoms with Crippen LogP contribution in [0, 0.1) is 5.92 Å². The van der Waals surface area contributed by atoms with Crippen molar-refractivity contribution in [1.82, 2.24) is 0 Å². The lowest BCUT2D eigenvalue weighted by Gasteiger charge is -1.96. The van der Waals surface area contributed by atoms with Crippen molar-refractivity contribution in [3.63, 3.8) is 0 Å². The smallest absolute Gasteiger partial charge is 0.131 e. The Bertz CT molecular complexity index is 72.6. The fraction of sp³-hybridized carbons (Fsp3) is 1.00. The summed E-state index contributed by atoms with van der Waals surface area (Å²) >= 11 is 0. The Morgan fingerprint density at radius 3 is 1.62 bits per heavy atom. The summed E-state index contributed by atoms with van der Waals surface area (Å²) in [5.74, 6) is 0.250. The second-order valence-electron chi connectivity index (χ2n) is 2.61. The van der Waals surface area contributed by atoms with Crippen LogP contribution < -0.4 is 0 Å². The molecule has 1 saturated carbocycles. The number of rotatable bonds is 0. The fourth-order valence-corrected chi connectivity index (χ4v) is 1.16. The minimum atomic E-state index is -1.18. The average molecular weight is 120 g/mol. The Labute approximate surface area is 47.9 Å². The Morgan fingerprint density at radius 2 is 1.50 bits per heavy atom. The normalized spacial score (nSPS) is 40.9. The summed E-state index contributed by atoms with van der Waals surface area (Å²) in [5, 5.41) is 0. The molecule has 0 heterocycles. The van der Waals surface area contributed by atoms with E-state index < -0.39 is 12.3 Å². The lowest BCUT2D eigenvalue weighted by Crippen LogP contribution is -2.06. The van der Waals surface area contributed by atoms with Crippen molar-refractivity contribution in [3.05, 3.63) is 0 Å². The number of halogens is 2. The summed E-state index contributed by atoms with van der Waals surface area (Å²) in [7, 11) is 0. The Balaban J connectivity index is 2.39. The zero-order valence-electron chi connectivity index (χ0n) is 4.90. The number of hydrogen-bond acceptors (Lipinski definition) is 0. The van der Waals surface area contributed by atoms with Crippen molar-refractivity contribution in [1.29, 1.82) is 0 Å². The van der Waals surface area contributed by atoms with Crippen molar-refractivity contribution in [3.8, 4) is 0 Å². The molecule has 0 N–H and O–H groups in total. The van der Waals surface area contributed by atoms with Crippen LogP contribution in [0.15, 0.2) is 0 Å². The van der Waals surface area contributed by atoms with E-state index in [1.54, 1.807) is 0 Å². The van der Waals surface area contributed by atoms with Crippen LogP contribution in [-0.4, -0.2) is 12.3 Å². The third kappa shape index (κ3) is 0.984. The van der Waals surface area contributed by atoms with Crippen LogP contribution in [0.4, 0.5) is 8.78 Å². The van der Waals surface area contributed by atoms with Gasteiger partial charge in [-0.25, -0.2) is 8.78 Å². The molecule has 0 saturated heterocycles. The van der Waals surface area contributed by atoms with Crippen molar-refractivity contribution >= 4 is 0 Å². The van der Waals surface area contributed by atoms with Gasteiger partial charge in [0.2, 0.25) is 0 Å². The van der Waals surface area contributed by atoms with Crippen molar-refractivity contribution in [2.75, 3.05) is 0 Å². The Hall–Kier alpha value is -0.140. The van der Waals surface area contributed by atoms with Crippen LogP contribution in [0.1, 0.15) is 19.8 Å². The maximum absolute atomic E-state index is 12.2. The van der Waals surface area contributed by atoms with E-state index in [1.165, 1.54) is 0 Å². The third-order valence-electron chi connectivity index (χ3n) is 1.65.